The van der Waals surface area contributed by atoms with E-state index in [0.717, 1.165) is 33.5 Å². The van der Waals surface area contributed by atoms with Gasteiger partial charge in [-0.2, -0.15) is 0 Å². The number of amides is 1. The molecule has 1 amide bonds. The number of carbonyl (C=O) groups excluding carboxylic acids is 1. The number of aromatic nitrogens is 2. The topological polar surface area (TPSA) is 83.3 Å². The Morgan fingerprint density at radius 3 is 2.80 bits per heavy atom. The summed E-state index contributed by atoms with van der Waals surface area (Å²) in [6.45, 7) is 3.65. The molecule has 1 aliphatic heterocycles. The number of H-pyrrole nitrogens is 1. The maximum Gasteiger partial charge on any atom is 0.416 e. The van der Waals surface area contributed by atoms with E-state index < -0.39 is 11.9 Å². The summed E-state index contributed by atoms with van der Waals surface area (Å²) in [5.74, 6) is 0.880. The standard InChI is InChI=1S/C30H28ClFN4O3S/c1-18-16-19(2-9-26(18)38-14-12-35-13-15-40-29(35)33)28-27-23(24-17-20(31)3-8-25(24)34-27)10-11-36(28)30(37)39-22-6-4-21(32)5-7-22/h2-9,13,15,17-18,28,33-34H,10-12,14,16H2,1H3. The summed E-state index contributed by atoms with van der Waals surface area (Å²) in [6, 6.07) is 10.9. The lowest BCUT2D eigenvalue weighted by Gasteiger charge is -2.38. The molecule has 2 N–H and O–H groups in total. The van der Waals surface area contributed by atoms with Gasteiger partial charge in [-0.05, 0) is 72.5 Å². The van der Waals surface area contributed by atoms with E-state index in [2.05, 4.69) is 11.9 Å². The number of rotatable bonds is 6. The van der Waals surface area contributed by atoms with Gasteiger partial charge in [0, 0.05) is 45.7 Å². The van der Waals surface area contributed by atoms with Crippen LogP contribution in [0.3, 0.4) is 0 Å². The Morgan fingerprint density at radius 1 is 1.23 bits per heavy atom. The third-order valence-electron chi connectivity index (χ3n) is 7.47. The van der Waals surface area contributed by atoms with Crippen LogP contribution < -0.4 is 9.54 Å². The second-order valence-corrected chi connectivity index (χ2v) is 11.4. The van der Waals surface area contributed by atoms with Crippen molar-refractivity contribution in [3.05, 3.63) is 104 Å². The first-order valence-corrected chi connectivity index (χ1v) is 14.4. The van der Waals surface area contributed by atoms with Crippen LogP contribution in [-0.2, 0) is 17.7 Å². The van der Waals surface area contributed by atoms with Gasteiger partial charge in [-0.25, -0.2) is 9.18 Å². The predicted octanol–water partition coefficient (Wildman–Crippen LogP) is 6.97. The van der Waals surface area contributed by atoms with Gasteiger partial charge in [0.15, 0.2) is 4.80 Å². The number of nitrogens with one attached hydrogen (secondary N) is 2. The molecule has 10 heteroatoms. The molecular formula is C30H28ClFN4O3S. The van der Waals surface area contributed by atoms with Crippen molar-refractivity contribution in [1.82, 2.24) is 14.5 Å². The molecule has 0 saturated heterocycles. The number of allylic oxidation sites excluding steroid dienone is 3. The highest BCUT2D eigenvalue weighted by molar-refractivity contribution is 7.06. The Labute approximate surface area is 239 Å². The summed E-state index contributed by atoms with van der Waals surface area (Å²) in [7, 11) is 0. The van der Waals surface area contributed by atoms with Crippen molar-refractivity contribution in [3.63, 3.8) is 0 Å². The van der Waals surface area contributed by atoms with Gasteiger partial charge in [0.2, 0.25) is 0 Å². The highest BCUT2D eigenvalue weighted by atomic mass is 35.5. The van der Waals surface area contributed by atoms with E-state index in [0.29, 0.717) is 48.1 Å². The number of thiazole rings is 1. The van der Waals surface area contributed by atoms with Crippen LogP contribution in [0.25, 0.3) is 10.9 Å². The lowest BCUT2D eigenvalue weighted by atomic mass is 9.84. The van der Waals surface area contributed by atoms with Crippen molar-refractivity contribution < 1.29 is 18.7 Å². The summed E-state index contributed by atoms with van der Waals surface area (Å²) in [5, 5.41) is 11.5. The van der Waals surface area contributed by atoms with Crippen LogP contribution in [0.4, 0.5) is 9.18 Å². The van der Waals surface area contributed by atoms with Crippen LogP contribution in [0.15, 0.2) is 77.5 Å². The van der Waals surface area contributed by atoms with Crippen molar-refractivity contribution in [1.29, 1.82) is 5.41 Å². The molecule has 1 aliphatic carbocycles. The molecule has 0 saturated carbocycles. The quantitative estimate of drug-likeness (QED) is 0.259. The van der Waals surface area contributed by atoms with Crippen molar-refractivity contribution in [2.24, 2.45) is 5.92 Å². The van der Waals surface area contributed by atoms with E-state index in [9.17, 15) is 9.18 Å². The highest BCUT2D eigenvalue weighted by Crippen LogP contribution is 2.43. The van der Waals surface area contributed by atoms with Gasteiger partial charge in [-0.3, -0.25) is 10.3 Å². The second kappa shape index (κ2) is 11.0. The number of fused-ring (bicyclic) bond motifs is 3. The number of aromatic amines is 1. The van der Waals surface area contributed by atoms with Gasteiger partial charge in [0.1, 0.15) is 18.2 Å². The van der Waals surface area contributed by atoms with Crippen LogP contribution >= 0.6 is 22.9 Å². The third kappa shape index (κ3) is 5.19. The molecular weight excluding hydrogens is 551 g/mol. The molecule has 2 aromatic carbocycles. The van der Waals surface area contributed by atoms with Gasteiger partial charge in [-0.1, -0.05) is 24.6 Å². The molecule has 2 aliphatic rings. The number of hydrogen-bond acceptors (Lipinski definition) is 5. The SMILES string of the molecule is CC1CC(C2c3[nH]c4ccc(Cl)cc4c3CCN2C(=O)Oc2ccc(F)cc2)=CC=C1OCCn1ccsc1=N. The zero-order valence-corrected chi connectivity index (χ0v) is 23.4. The van der Waals surface area contributed by atoms with Gasteiger partial charge in [-0.15, -0.1) is 11.3 Å². The van der Waals surface area contributed by atoms with Crippen LogP contribution in [0.1, 0.15) is 30.6 Å². The Bertz CT molecular complexity index is 1690. The average molecular weight is 579 g/mol. The lowest BCUT2D eigenvalue weighted by molar-refractivity contribution is 0.130. The minimum atomic E-state index is -0.488. The molecule has 3 heterocycles. The minimum Gasteiger partial charge on any atom is -0.496 e. The molecule has 2 unspecified atom stereocenters. The summed E-state index contributed by atoms with van der Waals surface area (Å²) >= 11 is 7.72. The number of nitrogens with zero attached hydrogens (tertiary/aromatic N) is 2. The smallest absolute Gasteiger partial charge is 0.416 e. The first kappa shape index (κ1) is 26.4. The van der Waals surface area contributed by atoms with Crippen molar-refractivity contribution in [2.75, 3.05) is 13.2 Å². The van der Waals surface area contributed by atoms with Gasteiger partial charge < -0.3 is 19.0 Å². The summed E-state index contributed by atoms with van der Waals surface area (Å²) in [4.78, 5) is 19.3. The van der Waals surface area contributed by atoms with E-state index >= 15 is 0 Å². The van der Waals surface area contributed by atoms with Gasteiger partial charge >= 0.3 is 6.09 Å². The van der Waals surface area contributed by atoms with Crippen LogP contribution in [0.2, 0.25) is 5.02 Å². The molecule has 2 aromatic heterocycles. The fourth-order valence-electron chi connectivity index (χ4n) is 5.52. The van der Waals surface area contributed by atoms with Crippen LogP contribution in [-0.4, -0.2) is 33.7 Å². The van der Waals surface area contributed by atoms with E-state index in [1.807, 2.05) is 46.5 Å². The fraction of sp³-hybridized carbons (Fsp3) is 0.267. The number of halogens is 2. The maximum atomic E-state index is 13.5. The largest absolute Gasteiger partial charge is 0.496 e. The Kier molecular flexibility index (Phi) is 7.25. The van der Waals surface area contributed by atoms with Crippen molar-refractivity contribution in [2.45, 2.75) is 32.4 Å². The average Bonchev–Trinajstić information content (AvgIpc) is 3.52. The number of ether oxygens (including phenoxy) is 2. The molecule has 0 radical (unpaired) electrons. The summed E-state index contributed by atoms with van der Waals surface area (Å²) in [6.07, 6.45) is 6.77. The second-order valence-electron chi connectivity index (χ2n) is 10.0. The Morgan fingerprint density at radius 2 is 2.05 bits per heavy atom. The van der Waals surface area contributed by atoms with E-state index in [1.54, 1.807) is 4.90 Å². The molecule has 2 atom stereocenters. The summed E-state index contributed by atoms with van der Waals surface area (Å²) in [5.41, 5.74) is 4.13. The Hall–Kier alpha value is -3.82. The highest BCUT2D eigenvalue weighted by Gasteiger charge is 2.38. The van der Waals surface area contributed by atoms with E-state index in [1.165, 1.54) is 35.6 Å². The van der Waals surface area contributed by atoms with Crippen LogP contribution in [0.5, 0.6) is 5.75 Å². The van der Waals surface area contributed by atoms with Gasteiger partial charge in [0.05, 0.1) is 18.3 Å². The molecule has 7 nitrogen and oxygen atoms in total. The number of carbonyl (C=O) groups is 1. The molecule has 0 bridgehead atoms. The zero-order valence-electron chi connectivity index (χ0n) is 21.8. The van der Waals surface area contributed by atoms with E-state index in [4.69, 9.17) is 26.5 Å². The molecule has 4 aromatic rings. The predicted molar refractivity (Wildman–Crippen MR) is 153 cm³/mol. The fourth-order valence-corrected chi connectivity index (χ4v) is 6.31. The van der Waals surface area contributed by atoms with E-state index in [-0.39, 0.29) is 12.0 Å². The number of benzene rings is 2. The minimum absolute atomic E-state index is 0.0992. The molecule has 0 fully saturated rings. The van der Waals surface area contributed by atoms with Crippen molar-refractivity contribution in [3.8, 4) is 5.75 Å². The zero-order chi connectivity index (χ0) is 27.8. The normalized spacial score (nSPS) is 18.7. The summed E-state index contributed by atoms with van der Waals surface area (Å²) < 4.78 is 27.1. The molecule has 0 spiro atoms. The number of hydrogen-bond donors (Lipinski definition) is 2. The molecule has 6 rings (SSSR count). The van der Waals surface area contributed by atoms with Gasteiger partial charge in [0.25, 0.3) is 0 Å². The van der Waals surface area contributed by atoms with Crippen molar-refractivity contribution >= 4 is 39.9 Å². The monoisotopic (exact) mass is 578 g/mol. The maximum absolute atomic E-state index is 13.5. The third-order valence-corrected chi connectivity index (χ3v) is 8.42. The lowest BCUT2D eigenvalue weighted by Crippen LogP contribution is -2.43. The first-order valence-electron chi connectivity index (χ1n) is 13.1. The van der Waals surface area contributed by atoms with Crippen LogP contribution in [0, 0.1) is 17.1 Å². The first-order chi connectivity index (χ1) is 19.4. The molecule has 206 valence electrons. The molecule has 40 heavy (non-hydrogen) atoms. The Balaban J connectivity index is 1.30.